The Hall–Kier alpha value is -2.43. The van der Waals surface area contributed by atoms with Gasteiger partial charge in [-0.3, -0.25) is 0 Å². The molecule has 0 spiro atoms. The zero-order valence-corrected chi connectivity index (χ0v) is 21.7. The average molecular weight is 453 g/mol. The van der Waals surface area contributed by atoms with Gasteiger partial charge in [0.15, 0.2) is 0 Å². The fraction of sp³-hybridized carbons (Fsp3) is 0.483. The minimum atomic E-state index is -0.854. The molecule has 1 N–H and O–H groups in total. The van der Waals surface area contributed by atoms with E-state index in [1.165, 1.54) is 11.1 Å². The molecule has 2 aromatic rings. The molecule has 0 aromatic heterocycles. The molecule has 0 amide bonds. The lowest BCUT2D eigenvalue weighted by atomic mass is 9.77. The first-order chi connectivity index (χ1) is 15.0. The van der Waals surface area contributed by atoms with Crippen LogP contribution < -0.4 is 0 Å². The zero-order chi connectivity index (χ0) is 25.2. The molecule has 0 bridgehead atoms. The molecular formula is C29H40O4. The van der Waals surface area contributed by atoms with Crippen molar-refractivity contribution in [3.8, 4) is 0 Å². The molecule has 33 heavy (non-hydrogen) atoms. The maximum Gasteiger partial charge on any atom is 0.333 e. The molecule has 2 aromatic carbocycles. The molecule has 4 nitrogen and oxygen atoms in total. The SMILES string of the molecule is C=C(C)C(=O)OC(C)(C)COC(C)(C)c1ccc(C(C)(C)c2ccc(C(C)(C)O)cc2)cc1. The highest BCUT2D eigenvalue weighted by atomic mass is 16.6. The van der Waals surface area contributed by atoms with Crippen LogP contribution in [0.1, 0.15) is 84.6 Å². The fourth-order valence-corrected chi connectivity index (χ4v) is 3.55. The topological polar surface area (TPSA) is 55.8 Å². The Balaban J connectivity index is 2.15. The quantitative estimate of drug-likeness (QED) is 0.354. The van der Waals surface area contributed by atoms with Gasteiger partial charge in [-0.1, -0.05) is 69.0 Å². The summed E-state index contributed by atoms with van der Waals surface area (Å²) in [6.07, 6.45) is 0. The van der Waals surface area contributed by atoms with Gasteiger partial charge in [0.2, 0.25) is 0 Å². The highest BCUT2D eigenvalue weighted by Crippen LogP contribution is 2.35. The molecule has 4 heteroatoms. The number of carbonyl (C=O) groups is 1. The highest BCUT2D eigenvalue weighted by Gasteiger charge is 2.30. The van der Waals surface area contributed by atoms with Gasteiger partial charge in [0, 0.05) is 11.0 Å². The van der Waals surface area contributed by atoms with E-state index in [0.29, 0.717) is 5.57 Å². The smallest absolute Gasteiger partial charge is 0.333 e. The predicted octanol–water partition coefficient (Wildman–Crippen LogP) is 6.39. The maximum atomic E-state index is 11.9. The second kappa shape index (κ2) is 9.44. The molecule has 2 rings (SSSR count). The van der Waals surface area contributed by atoms with Gasteiger partial charge in [0.05, 0.1) is 17.8 Å². The van der Waals surface area contributed by atoms with Gasteiger partial charge in [-0.2, -0.15) is 0 Å². The Morgan fingerprint density at radius 1 is 0.788 bits per heavy atom. The number of esters is 1. The van der Waals surface area contributed by atoms with Crippen LogP contribution in [0, 0.1) is 0 Å². The van der Waals surface area contributed by atoms with Gasteiger partial charge in [-0.15, -0.1) is 0 Å². The van der Waals surface area contributed by atoms with Gasteiger partial charge in [-0.05, 0) is 70.7 Å². The summed E-state index contributed by atoms with van der Waals surface area (Å²) in [7, 11) is 0. The number of rotatable bonds is 9. The molecule has 0 saturated heterocycles. The van der Waals surface area contributed by atoms with Crippen molar-refractivity contribution in [2.24, 2.45) is 0 Å². The van der Waals surface area contributed by atoms with Gasteiger partial charge in [0.25, 0.3) is 0 Å². The van der Waals surface area contributed by atoms with Crippen molar-refractivity contribution in [2.75, 3.05) is 6.61 Å². The molecule has 0 saturated carbocycles. The van der Waals surface area contributed by atoms with Gasteiger partial charge >= 0.3 is 5.97 Å². The number of carbonyl (C=O) groups excluding carboxylic acids is 1. The van der Waals surface area contributed by atoms with E-state index >= 15 is 0 Å². The van der Waals surface area contributed by atoms with Crippen molar-refractivity contribution in [3.63, 3.8) is 0 Å². The molecule has 180 valence electrons. The van der Waals surface area contributed by atoms with Crippen LogP contribution in [0.25, 0.3) is 0 Å². The largest absolute Gasteiger partial charge is 0.454 e. The van der Waals surface area contributed by atoms with Crippen molar-refractivity contribution < 1.29 is 19.4 Å². The van der Waals surface area contributed by atoms with E-state index in [1.807, 2.05) is 39.8 Å². The van der Waals surface area contributed by atoms with Crippen molar-refractivity contribution in [1.82, 2.24) is 0 Å². The molecule has 0 aliphatic carbocycles. The molecule has 0 aliphatic rings. The van der Waals surface area contributed by atoms with Crippen LogP contribution in [0.3, 0.4) is 0 Å². The summed E-state index contributed by atoms with van der Waals surface area (Å²) in [6, 6.07) is 16.6. The van der Waals surface area contributed by atoms with E-state index in [2.05, 4.69) is 56.8 Å². The van der Waals surface area contributed by atoms with E-state index in [1.54, 1.807) is 20.8 Å². The van der Waals surface area contributed by atoms with E-state index < -0.39 is 22.8 Å². The summed E-state index contributed by atoms with van der Waals surface area (Å²) in [5, 5.41) is 10.2. The Bertz CT molecular complexity index is 972. The van der Waals surface area contributed by atoms with Crippen LogP contribution in [0.5, 0.6) is 0 Å². The number of aliphatic hydroxyl groups is 1. The first kappa shape index (κ1) is 26.8. The van der Waals surface area contributed by atoms with Crippen LogP contribution in [0.15, 0.2) is 60.7 Å². The monoisotopic (exact) mass is 452 g/mol. The molecular weight excluding hydrogens is 412 g/mol. The van der Waals surface area contributed by atoms with E-state index in [-0.39, 0.29) is 12.0 Å². The predicted molar refractivity (Wildman–Crippen MR) is 134 cm³/mol. The summed E-state index contributed by atoms with van der Waals surface area (Å²) in [4.78, 5) is 11.9. The second-order valence-electron chi connectivity index (χ2n) is 11.1. The Labute approximate surface area is 199 Å². The van der Waals surface area contributed by atoms with Gasteiger partial charge < -0.3 is 14.6 Å². The first-order valence-corrected chi connectivity index (χ1v) is 11.4. The van der Waals surface area contributed by atoms with Crippen molar-refractivity contribution in [1.29, 1.82) is 0 Å². The van der Waals surface area contributed by atoms with Crippen LogP contribution in [-0.4, -0.2) is 23.3 Å². The minimum Gasteiger partial charge on any atom is -0.454 e. The molecule has 0 heterocycles. The summed E-state index contributed by atoms with van der Waals surface area (Å²) >= 11 is 0. The second-order valence-corrected chi connectivity index (χ2v) is 11.1. The lowest BCUT2D eigenvalue weighted by Crippen LogP contribution is -2.37. The standard InChI is InChI=1S/C29H40O4/c1-20(2)25(30)33-26(3,4)19-32-29(9,10)24-17-13-22(14-18-24)27(5,6)21-11-15-23(16-12-21)28(7,8)31/h11-18,31H,1,19H2,2-10H3. The van der Waals surface area contributed by atoms with Gasteiger partial charge in [0.1, 0.15) is 5.60 Å². The molecule has 0 radical (unpaired) electrons. The normalized spacial score (nSPS) is 13.0. The third-order valence-corrected chi connectivity index (χ3v) is 6.11. The number of hydrogen-bond acceptors (Lipinski definition) is 4. The lowest BCUT2D eigenvalue weighted by Gasteiger charge is -2.33. The van der Waals surface area contributed by atoms with Crippen molar-refractivity contribution in [3.05, 3.63) is 82.9 Å². The van der Waals surface area contributed by atoms with E-state index in [9.17, 15) is 9.90 Å². The van der Waals surface area contributed by atoms with Gasteiger partial charge in [-0.25, -0.2) is 4.79 Å². The Kier molecular flexibility index (Phi) is 7.67. The third kappa shape index (κ3) is 6.78. The van der Waals surface area contributed by atoms with E-state index in [4.69, 9.17) is 9.47 Å². The van der Waals surface area contributed by atoms with E-state index in [0.717, 1.165) is 11.1 Å². The summed E-state index contributed by atoms with van der Waals surface area (Å²) in [5.74, 6) is -0.413. The fourth-order valence-electron chi connectivity index (χ4n) is 3.55. The lowest BCUT2D eigenvalue weighted by molar-refractivity contribution is -0.164. The molecule has 0 aliphatic heterocycles. The first-order valence-electron chi connectivity index (χ1n) is 11.4. The number of benzene rings is 2. The average Bonchev–Trinajstić information content (AvgIpc) is 2.71. The molecule has 0 atom stereocenters. The van der Waals surface area contributed by atoms with Crippen LogP contribution in [0.4, 0.5) is 0 Å². The molecule has 0 unspecified atom stereocenters. The Morgan fingerprint density at radius 3 is 1.58 bits per heavy atom. The minimum absolute atomic E-state index is 0.194. The third-order valence-electron chi connectivity index (χ3n) is 6.11. The van der Waals surface area contributed by atoms with Crippen LogP contribution in [0.2, 0.25) is 0 Å². The summed E-state index contributed by atoms with van der Waals surface area (Å²) in [5.41, 5.74) is 2.32. The van der Waals surface area contributed by atoms with Crippen molar-refractivity contribution >= 4 is 5.97 Å². The summed E-state index contributed by atoms with van der Waals surface area (Å²) < 4.78 is 11.7. The Morgan fingerprint density at radius 2 is 1.18 bits per heavy atom. The zero-order valence-electron chi connectivity index (χ0n) is 21.7. The maximum absolute atomic E-state index is 11.9. The summed E-state index contributed by atoms with van der Waals surface area (Å²) in [6.45, 7) is 21.2. The number of ether oxygens (including phenoxy) is 2. The number of hydrogen-bond donors (Lipinski definition) is 1. The van der Waals surface area contributed by atoms with Crippen molar-refractivity contribution in [2.45, 2.75) is 84.5 Å². The van der Waals surface area contributed by atoms with Crippen LogP contribution in [-0.2, 0) is 30.9 Å². The highest BCUT2D eigenvalue weighted by molar-refractivity contribution is 5.87. The van der Waals surface area contributed by atoms with Crippen LogP contribution >= 0.6 is 0 Å². The molecule has 0 fully saturated rings.